The molecule has 1 aromatic rings. The van der Waals surface area contributed by atoms with Crippen LogP contribution in [0.25, 0.3) is 0 Å². The molecule has 1 saturated heterocycles. The van der Waals surface area contributed by atoms with Gasteiger partial charge in [-0.1, -0.05) is 30.3 Å². The summed E-state index contributed by atoms with van der Waals surface area (Å²) in [6.07, 6.45) is 2.81. The van der Waals surface area contributed by atoms with Crippen molar-refractivity contribution in [2.24, 2.45) is 11.8 Å². The SMILES string of the molecule is CC(C1CC1)N(Cc1ccccc1)C(=O)C1CCS(=O)(=O)C1. The first kappa shape index (κ1) is 15.5. The van der Waals surface area contributed by atoms with Gasteiger partial charge in [-0.3, -0.25) is 4.79 Å². The Morgan fingerprint density at radius 2 is 1.91 bits per heavy atom. The lowest BCUT2D eigenvalue weighted by atomic mass is 10.0. The molecule has 1 aliphatic heterocycles. The summed E-state index contributed by atoms with van der Waals surface area (Å²) in [5, 5.41) is 0. The summed E-state index contributed by atoms with van der Waals surface area (Å²) in [6, 6.07) is 10.1. The number of carbonyl (C=O) groups is 1. The quantitative estimate of drug-likeness (QED) is 0.836. The van der Waals surface area contributed by atoms with Gasteiger partial charge in [-0.25, -0.2) is 8.42 Å². The summed E-state index contributed by atoms with van der Waals surface area (Å²) >= 11 is 0. The van der Waals surface area contributed by atoms with Gasteiger partial charge in [0.1, 0.15) is 0 Å². The van der Waals surface area contributed by atoms with Gasteiger partial charge in [-0.05, 0) is 37.7 Å². The van der Waals surface area contributed by atoms with Crippen LogP contribution in [0.2, 0.25) is 0 Å². The minimum absolute atomic E-state index is 0.0179. The Bertz CT molecular complexity index is 637. The second-order valence-corrected chi connectivity index (χ2v) is 8.86. The van der Waals surface area contributed by atoms with E-state index in [9.17, 15) is 13.2 Å². The van der Waals surface area contributed by atoms with E-state index in [2.05, 4.69) is 6.92 Å². The number of hydrogen-bond donors (Lipinski definition) is 0. The van der Waals surface area contributed by atoms with Crippen molar-refractivity contribution >= 4 is 15.7 Å². The first-order chi connectivity index (χ1) is 10.5. The van der Waals surface area contributed by atoms with E-state index in [0.29, 0.717) is 18.9 Å². The van der Waals surface area contributed by atoms with Gasteiger partial charge in [0.25, 0.3) is 0 Å². The smallest absolute Gasteiger partial charge is 0.227 e. The minimum atomic E-state index is -3.02. The van der Waals surface area contributed by atoms with Crippen LogP contribution < -0.4 is 0 Å². The van der Waals surface area contributed by atoms with Crippen LogP contribution in [0.5, 0.6) is 0 Å². The van der Waals surface area contributed by atoms with Crippen LogP contribution in [0.15, 0.2) is 30.3 Å². The van der Waals surface area contributed by atoms with Crippen molar-refractivity contribution in [3.63, 3.8) is 0 Å². The lowest BCUT2D eigenvalue weighted by Gasteiger charge is -2.31. The Morgan fingerprint density at radius 1 is 1.23 bits per heavy atom. The summed E-state index contributed by atoms with van der Waals surface area (Å²) in [7, 11) is -3.02. The van der Waals surface area contributed by atoms with Crippen molar-refractivity contribution in [1.29, 1.82) is 0 Å². The molecule has 2 unspecified atom stereocenters. The monoisotopic (exact) mass is 321 g/mol. The number of sulfone groups is 1. The van der Waals surface area contributed by atoms with Crippen molar-refractivity contribution in [2.45, 2.75) is 38.8 Å². The molecule has 1 heterocycles. The van der Waals surface area contributed by atoms with Crippen molar-refractivity contribution in [2.75, 3.05) is 11.5 Å². The van der Waals surface area contributed by atoms with Crippen molar-refractivity contribution in [3.8, 4) is 0 Å². The van der Waals surface area contributed by atoms with E-state index in [0.717, 1.165) is 5.56 Å². The van der Waals surface area contributed by atoms with Gasteiger partial charge in [-0.15, -0.1) is 0 Å². The highest BCUT2D eigenvalue weighted by Gasteiger charge is 2.40. The molecule has 2 fully saturated rings. The molecular weight excluding hydrogens is 298 g/mol. The highest BCUT2D eigenvalue weighted by atomic mass is 32.2. The average molecular weight is 321 g/mol. The lowest BCUT2D eigenvalue weighted by molar-refractivity contribution is -0.138. The van der Waals surface area contributed by atoms with Gasteiger partial charge < -0.3 is 4.90 Å². The summed E-state index contributed by atoms with van der Waals surface area (Å²) in [5.74, 6) is 0.416. The number of nitrogens with zero attached hydrogens (tertiary/aromatic N) is 1. The van der Waals surface area contributed by atoms with E-state index in [-0.39, 0.29) is 29.4 Å². The fourth-order valence-electron chi connectivity index (χ4n) is 3.26. The van der Waals surface area contributed by atoms with E-state index in [1.54, 1.807) is 0 Å². The molecule has 1 amide bonds. The minimum Gasteiger partial charge on any atom is -0.335 e. The van der Waals surface area contributed by atoms with Crippen LogP contribution in [0.3, 0.4) is 0 Å². The summed E-state index contributed by atoms with van der Waals surface area (Å²) in [6.45, 7) is 2.68. The third-order valence-electron chi connectivity index (χ3n) is 4.86. The topological polar surface area (TPSA) is 54.5 Å². The molecule has 2 atom stereocenters. The molecule has 22 heavy (non-hydrogen) atoms. The van der Waals surface area contributed by atoms with Crippen molar-refractivity contribution in [1.82, 2.24) is 4.90 Å². The molecule has 1 aromatic carbocycles. The highest BCUT2D eigenvalue weighted by Crippen LogP contribution is 2.36. The van der Waals surface area contributed by atoms with Gasteiger partial charge >= 0.3 is 0 Å². The molecule has 0 spiro atoms. The predicted octanol–water partition coefficient (Wildman–Crippen LogP) is 2.25. The summed E-state index contributed by atoms with van der Waals surface area (Å²) in [4.78, 5) is 14.8. The van der Waals surface area contributed by atoms with Gasteiger partial charge in [0.2, 0.25) is 5.91 Å². The molecule has 0 N–H and O–H groups in total. The maximum atomic E-state index is 12.9. The van der Waals surface area contributed by atoms with Gasteiger partial charge in [0.05, 0.1) is 17.4 Å². The molecule has 1 aliphatic carbocycles. The molecule has 0 aromatic heterocycles. The standard InChI is InChI=1S/C17H23NO3S/c1-13(15-7-8-15)18(11-14-5-3-2-4-6-14)17(19)16-9-10-22(20,21)12-16/h2-6,13,15-16H,7-12H2,1H3. The van der Waals surface area contributed by atoms with Crippen LogP contribution in [-0.2, 0) is 21.2 Å². The number of benzene rings is 1. The van der Waals surface area contributed by atoms with E-state index < -0.39 is 9.84 Å². The zero-order valence-electron chi connectivity index (χ0n) is 12.9. The molecule has 4 nitrogen and oxygen atoms in total. The largest absolute Gasteiger partial charge is 0.335 e. The Labute approximate surface area is 132 Å². The number of amides is 1. The molecule has 120 valence electrons. The predicted molar refractivity (Wildman–Crippen MR) is 85.9 cm³/mol. The van der Waals surface area contributed by atoms with Gasteiger partial charge in [-0.2, -0.15) is 0 Å². The third-order valence-corrected chi connectivity index (χ3v) is 6.62. The zero-order valence-corrected chi connectivity index (χ0v) is 13.8. The second-order valence-electron chi connectivity index (χ2n) is 6.63. The first-order valence-electron chi connectivity index (χ1n) is 8.01. The van der Waals surface area contributed by atoms with Gasteiger partial charge in [0.15, 0.2) is 9.84 Å². The highest BCUT2D eigenvalue weighted by molar-refractivity contribution is 7.91. The Morgan fingerprint density at radius 3 is 2.45 bits per heavy atom. The van der Waals surface area contributed by atoms with Crippen LogP contribution in [0, 0.1) is 11.8 Å². The molecule has 5 heteroatoms. The van der Waals surface area contributed by atoms with Crippen molar-refractivity contribution in [3.05, 3.63) is 35.9 Å². The summed E-state index contributed by atoms with van der Waals surface area (Å²) in [5.41, 5.74) is 1.10. The van der Waals surface area contributed by atoms with Crippen LogP contribution >= 0.6 is 0 Å². The Kier molecular flexibility index (Phi) is 4.26. The fourth-order valence-corrected chi connectivity index (χ4v) is 4.99. The number of carbonyl (C=O) groups excluding carboxylic acids is 1. The zero-order chi connectivity index (χ0) is 15.7. The Balaban J connectivity index is 1.77. The van der Waals surface area contributed by atoms with E-state index in [4.69, 9.17) is 0 Å². The number of hydrogen-bond acceptors (Lipinski definition) is 3. The van der Waals surface area contributed by atoms with Crippen LogP contribution in [0.4, 0.5) is 0 Å². The van der Waals surface area contributed by atoms with E-state index in [1.165, 1.54) is 12.8 Å². The first-order valence-corrected chi connectivity index (χ1v) is 9.83. The van der Waals surface area contributed by atoms with Crippen LogP contribution in [0.1, 0.15) is 31.7 Å². The lowest BCUT2D eigenvalue weighted by Crippen LogP contribution is -2.43. The molecule has 1 saturated carbocycles. The molecule has 3 rings (SSSR count). The average Bonchev–Trinajstić information content (AvgIpc) is 3.28. The second kappa shape index (κ2) is 6.03. The van der Waals surface area contributed by atoms with Crippen LogP contribution in [-0.4, -0.2) is 36.8 Å². The summed E-state index contributed by atoms with van der Waals surface area (Å²) < 4.78 is 23.3. The molecule has 0 bridgehead atoms. The molecule has 0 radical (unpaired) electrons. The maximum absolute atomic E-state index is 12.9. The maximum Gasteiger partial charge on any atom is 0.227 e. The van der Waals surface area contributed by atoms with E-state index >= 15 is 0 Å². The normalized spacial score (nSPS) is 24.9. The third kappa shape index (κ3) is 3.51. The van der Waals surface area contributed by atoms with Gasteiger partial charge in [0, 0.05) is 12.6 Å². The number of rotatable bonds is 5. The molecular formula is C17H23NO3S. The Hall–Kier alpha value is -1.36. The van der Waals surface area contributed by atoms with Crippen molar-refractivity contribution < 1.29 is 13.2 Å². The fraction of sp³-hybridized carbons (Fsp3) is 0.588. The van der Waals surface area contributed by atoms with E-state index in [1.807, 2.05) is 35.2 Å². The molecule has 2 aliphatic rings.